The second-order valence-corrected chi connectivity index (χ2v) is 6.35. The standard InChI is InChI=1S/C20H19FN2O4/c1-23(4-5-24)20-14-10-19-18(26-6-7-27-19)9-13(14)15(11-22-20)12-2-3-17(25)16(21)8-12/h2-3,8-11,24-25H,4-7H2,1H3. The van der Waals surface area contributed by atoms with E-state index in [9.17, 15) is 14.6 Å². The van der Waals surface area contributed by atoms with E-state index in [1.807, 2.05) is 24.1 Å². The van der Waals surface area contributed by atoms with E-state index < -0.39 is 11.6 Å². The van der Waals surface area contributed by atoms with Gasteiger partial charge in [-0.1, -0.05) is 6.07 Å². The summed E-state index contributed by atoms with van der Waals surface area (Å²) in [6.07, 6.45) is 1.66. The maximum absolute atomic E-state index is 13.9. The fourth-order valence-corrected chi connectivity index (χ4v) is 3.23. The van der Waals surface area contributed by atoms with Crippen LogP contribution in [0.1, 0.15) is 0 Å². The highest BCUT2D eigenvalue weighted by atomic mass is 19.1. The second-order valence-electron chi connectivity index (χ2n) is 6.35. The number of aromatic nitrogens is 1. The zero-order valence-electron chi connectivity index (χ0n) is 14.8. The summed E-state index contributed by atoms with van der Waals surface area (Å²) in [4.78, 5) is 6.38. The van der Waals surface area contributed by atoms with Crippen molar-refractivity contribution >= 4 is 16.6 Å². The SMILES string of the molecule is CN(CCO)c1ncc(-c2ccc(O)c(F)c2)c2cc3c(cc12)OCCO3. The number of aliphatic hydroxyl groups excluding tert-OH is 1. The number of likely N-dealkylation sites (N-methyl/N-ethyl adjacent to an activating group) is 1. The highest BCUT2D eigenvalue weighted by Gasteiger charge is 2.19. The molecule has 27 heavy (non-hydrogen) atoms. The fourth-order valence-electron chi connectivity index (χ4n) is 3.23. The van der Waals surface area contributed by atoms with Gasteiger partial charge in [0.15, 0.2) is 23.1 Å². The highest BCUT2D eigenvalue weighted by molar-refractivity contribution is 6.03. The van der Waals surface area contributed by atoms with E-state index in [4.69, 9.17) is 9.47 Å². The Hall–Kier alpha value is -3.06. The Bertz CT molecular complexity index is 1010. The van der Waals surface area contributed by atoms with Gasteiger partial charge < -0.3 is 24.6 Å². The van der Waals surface area contributed by atoms with E-state index in [0.29, 0.717) is 48.2 Å². The first-order valence-corrected chi connectivity index (χ1v) is 8.61. The zero-order valence-corrected chi connectivity index (χ0v) is 14.8. The fraction of sp³-hybridized carbons (Fsp3) is 0.250. The van der Waals surface area contributed by atoms with Crippen LogP contribution in [0.3, 0.4) is 0 Å². The number of hydrogen-bond donors (Lipinski definition) is 2. The van der Waals surface area contributed by atoms with Crippen molar-refractivity contribution < 1.29 is 24.1 Å². The van der Waals surface area contributed by atoms with Crippen molar-refractivity contribution in [2.24, 2.45) is 0 Å². The first kappa shape index (κ1) is 17.4. The summed E-state index contributed by atoms with van der Waals surface area (Å²) in [7, 11) is 1.84. The van der Waals surface area contributed by atoms with Crippen LogP contribution in [0.15, 0.2) is 36.5 Å². The van der Waals surface area contributed by atoms with Gasteiger partial charge >= 0.3 is 0 Å². The number of aliphatic hydroxyl groups is 1. The van der Waals surface area contributed by atoms with Crippen molar-refractivity contribution in [2.75, 3.05) is 38.3 Å². The van der Waals surface area contributed by atoms with Gasteiger partial charge in [0.1, 0.15) is 19.0 Å². The van der Waals surface area contributed by atoms with Gasteiger partial charge in [-0.25, -0.2) is 9.37 Å². The third-order valence-corrected chi connectivity index (χ3v) is 4.59. The topological polar surface area (TPSA) is 75.1 Å². The molecule has 0 amide bonds. The minimum atomic E-state index is -0.695. The van der Waals surface area contributed by atoms with E-state index in [1.54, 1.807) is 12.3 Å². The molecule has 0 aliphatic carbocycles. The van der Waals surface area contributed by atoms with E-state index in [1.165, 1.54) is 12.1 Å². The molecule has 0 atom stereocenters. The Morgan fingerprint density at radius 1 is 1.11 bits per heavy atom. The van der Waals surface area contributed by atoms with E-state index in [-0.39, 0.29) is 6.61 Å². The van der Waals surface area contributed by atoms with Crippen LogP contribution in [0.4, 0.5) is 10.2 Å². The van der Waals surface area contributed by atoms with Gasteiger partial charge in [-0.2, -0.15) is 0 Å². The number of nitrogens with zero attached hydrogens (tertiary/aromatic N) is 2. The molecule has 0 fully saturated rings. The van der Waals surface area contributed by atoms with Gasteiger partial charge in [0.25, 0.3) is 0 Å². The third-order valence-electron chi connectivity index (χ3n) is 4.59. The molecule has 4 rings (SSSR count). The maximum atomic E-state index is 13.9. The van der Waals surface area contributed by atoms with Crippen molar-refractivity contribution in [2.45, 2.75) is 0 Å². The molecule has 0 saturated carbocycles. The third kappa shape index (κ3) is 3.10. The quantitative estimate of drug-likeness (QED) is 0.736. The van der Waals surface area contributed by atoms with Gasteiger partial charge in [0.2, 0.25) is 0 Å². The minimum absolute atomic E-state index is 0.00481. The number of hydrogen-bond acceptors (Lipinski definition) is 6. The number of pyridine rings is 1. The van der Waals surface area contributed by atoms with Gasteiger partial charge in [-0.3, -0.25) is 0 Å². The van der Waals surface area contributed by atoms with E-state index >= 15 is 0 Å². The molecule has 0 radical (unpaired) electrons. The largest absolute Gasteiger partial charge is 0.505 e. The Kier molecular flexibility index (Phi) is 4.45. The summed E-state index contributed by atoms with van der Waals surface area (Å²) in [6.45, 7) is 1.35. The number of ether oxygens (including phenoxy) is 2. The van der Waals surface area contributed by atoms with Crippen molar-refractivity contribution in [1.82, 2.24) is 4.98 Å². The Morgan fingerprint density at radius 3 is 2.48 bits per heavy atom. The molecule has 1 aromatic heterocycles. The van der Waals surface area contributed by atoms with Crippen LogP contribution in [0.2, 0.25) is 0 Å². The summed E-state index contributed by atoms with van der Waals surface area (Å²) in [5.74, 6) is 0.836. The molecule has 7 heteroatoms. The Labute approximate surface area is 155 Å². The summed E-state index contributed by atoms with van der Waals surface area (Å²) in [5.41, 5.74) is 1.30. The van der Waals surface area contributed by atoms with Gasteiger partial charge in [-0.15, -0.1) is 0 Å². The van der Waals surface area contributed by atoms with Crippen molar-refractivity contribution in [3.8, 4) is 28.4 Å². The van der Waals surface area contributed by atoms with E-state index in [2.05, 4.69) is 4.98 Å². The van der Waals surface area contributed by atoms with Crippen LogP contribution in [0.5, 0.6) is 17.2 Å². The summed E-state index contributed by atoms with van der Waals surface area (Å²) >= 11 is 0. The van der Waals surface area contributed by atoms with Crippen molar-refractivity contribution in [1.29, 1.82) is 0 Å². The molecule has 2 aromatic carbocycles. The minimum Gasteiger partial charge on any atom is -0.505 e. The number of rotatable bonds is 4. The molecular formula is C20H19FN2O4. The molecule has 6 nitrogen and oxygen atoms in total. The molecule has 0 saturated heterocycles. The average molecular weight is 370 g/mol. The highest BCUT2D eigenvalue weighted by Crippen LogP contribution is 2.41. The molecule has 140 valence electrons. The lowest BCUT2D eigenvalue weighted by Gasteiger charge is -2.23. The number of halogens is 1. The first-order chi connectivity index (χ1) is 13.1. The maximum Gasteiger partial charge on any atom is 0.165 e. The molecule has 1 aliphatic rings. The number of anilines is 1. The summed E-state index contributed by atoms with van der Waals surface area (Å²) < 4.78 is 25.3. The normalized spacial score (nSPS) is 13.0. The monoisotopic (exact) mass is 370 g/mol. The van der Waals surface area contributed by atoms with Crippen LogP contribution in [0.25, 0.3) is 21.9 Å². The molecule has 0 bridgehead atoms. The van der Waals surface area contributed by atoms with Crippen LogP contribution in [-0.4, -0.2) is 48.6 Å². The number of phenolic OH excluding ortho intramolecular Hbond substituents is 1. The number of phenols is 1. The lowest BCUT2D eigenvalue weighted by Crippen LogP contribution is -2.22. The summed E-state index contributed by atoms with van der Waals surface area (Å²) in [5, 5.41) is 20.4. The van der Waals surface area contributed by atoms with Gasteiger partial charge in [0.05, 0.1) is 6.61 Å². The van der Waals surface area contributed by atoms with Crippen LogP contribution in [-0.2, 0) is 0 Å². The second kappa shape index (κ2) is 6.92. The number of fused-ring (bicyclic) bond motifs is 2. The van der Waals surface area contributed by atoms with Gasteiger partial charge in [0, 0.05) is 30.7 Å². The molecule has 2 heterocycles. The molecule has 2 N–H and O–H groups in total. The number of aromatic hydroxyl groups is 1. The predicted molar refractivity (Wildman–Crippen MR) is 100 cm³/mol. The lowest BCUT2D eigenvalue weighted by molar-refractivity contribution is 0.172. The molecule has 0 spiro atoms. The molecule has 3 aromatic rings. The first-order valence-electron chi connectivity index (χ1n) is 8.61. The zero-order chi connectivity index (χ0) is 19.0. The molecule has 1 aliphatic heterocycles. The Morgan fingerprint density at radius 2 is 1.81 bits per heavy atom. The Balaban J connectivity index is 1.97. The van der Waals surface area contributed by atoms with Crippen molar-refractivity contribution in [3.05, 3.63) is 42.3 Å². The lowest BCUT2D eigenvalue weighted by atomic mass is 9.99. The molecule has 0 unspecified atom stereocenters. The van der Waals surface area contributed by atoms with E-state index in [0.717, 1.165) is 10.8 Å². The van der Waals surface area contributed by atoms with Crippen LogP contribution >= 0.6 is 0 Å². The smallest absolute Gasteiger partial charge is 0.165 e. The van der Waals surface area contributed by atoms with Crippen LogP contribution in [0, 0.1) is 5.82 Å². The van der Waals surface area contributed by atoms with Gasteiger partial charge in [-0.05, 0) is 35.2 Å². The average Bonchev–Trinajstić information content (AvgIpc) is 2.68. The van der Waals surface area contributed by atoms with Crippen LogP contribution < -0.4 is 14.4 Å². The van der Waals surface area contributed by atoms with Crippen molar-refractivity contribution in [3.63, 3.8) is 0 Å². The molecular weight excluding hydrogens is 351 g/mol. The number of benzene rings is 2. The predicted octanol–water partition coefficient (Wildman–Crippen LogP) is 2.95. The summed E-state index contributed by atoms with van der Waals surface area (Å²) in [6, 6.07) is 7.96.